The van der Waals surface area contributed by atoms with Crippen LogP contribution in [0.15, 0.2) is 54.6 Å². The molecule has 0 aliphatic carbocycles. The van der Waals surface area contributed by atoms with E-state index in [9.17, 15) is 18.0 Å². The summed E-state index contributed by atoms with van der Waals surface area (Å²) in [5.41, 5.74) is -0.803. The maximum atomic E-state index is 12.7. The third-order valence-electron chi connectivity index (χ3n) is 2.52. The van der Waals surface area contributed by atoms with Crippen LogP contribution in [0.3, 0.4) is 0 Å². The quantitative estimate of drug-likeness (QED) is 0.875. The van der Waals surface area contributed by atoms with Crippen LogP contribution in [0.25, 0.3) is 0 Å². The Hall–Kier alpha value is -2.30. The van der Waals surface area contributed by atoms with Crippen LogP contribution < -0.4 is 5.32 Å². The number of halogens is 3. The lowest BCUT2D eigenvalue weighted by Crippen LogP contribution is -2.16. The van der Waals surface area contributed by atoms with Crippen molar-refractivity contribution >= 4 is 11.6 Å². The molecule has 0 fully saturated rings. The second kappa shape index (κ2) is 5.14. The van der Waals surface area contributed by atoms with Gasteiger partial charge in [-0.2, -0.15) is 13.2 Å². The minimum absolute atomic E-state index is 0.246. The molecular weight excluding hydrogens is 255 g/mol. The summed E-state index contributed by atoms with van der Waals surface area (Å²) < 4.78 is 38.2. The highest BCUT2D eigenvalue weighted by molar-refractivity contribution is 6.04. The van der Waals surface area contributed by atoms with Crippen molar-refractivity contribution in [3.63, 3.8) is 0 Å². The maximum Gasteiger partial charge on any atom is 0.418 e. The number of rotatable bonds is 2. The lowest BCUT2D eigenvalue weighted by atomic mass is 10.1. The Bertz CT molecular complexity index is 579. The Morgan fingerprint density at radius 1 is 0.895 bits per heavy atom. The Morgan fingerprint density at radius 3 is 2.11 bits per heavy atom. The molecule has 0 atom stereocenters. The van der Waals surface area contributed by atoms with E-state index in [1.165, 1.54) is 30.3 Å². The van der Waals surface area contributed by atoms with Gasteiger partial charge in [-0.3, -0.25) is 4.79 Å². The smallest absolute Gasteiger partial charge is 0.321 e. The topological polar surface area (TPSA) is 29.1 Å². The summed E-state index contributed by atoms with van der Waals surface area (Å²) in [6.07, 6.45) is -4.50. The molecule has 0 aromatic heterocycles. The Kier molecular flexibility index (Phi) is 3.55. The predicted octanol–water partition coefficient (Wildman–Crippen LogP) is 3.96. The van der Waals surface area contributed by atoms with Crippen LogP contribution in [0.1, 0.15) is 15.9 Å². The maximum absolute atomic E-state index is 12.7. The molecule has 1 amide bonds. The second-order valence-electron chi connectivity index (χ2n) is 3.86. The molecule has 0 aliphatic heterocycles. The summed E-state index contributed by atoms with van der Waals surface area (Å²) in [5, 5.41) is 2.27. The summed E-state index contributed by atoms with van der Waals surface area (Å²) in [6, 6.07) is 13.0. The molecule has 0 bridgehead atoms. The summed E-state index contributed by atoms with van der Waals surface area (Å²) in [4.78, 5) is 11.8. The molecule has 98 valence electrons. The zero-order valence-corrected chi connectivity index (χ0v) is 9.74. The summed E-state index contributed by atoms with van der Waals surface area (Å²) in [7, 11) is 0. The predicted molar refractivity (Wildman–Crippen MR) is 65.8 cm³/mol. The fourth-order valence-corrected chi connectivity index (χ4v) is 1.62. The van der Waals surface area contributed by atoms with Crippen molar-refractivity contribution in [3.8, 4) is 0 Å². The van der Waals surface area contributed by atoms with Crippen molar-refractivity contribution in [3.05, 3.63) is 65.7 Å². The second-order valence-corrected chi connectivity index (χ2v) is 3.86. The van der Waals surface area contributed by atoms with Crippen LogP contribution in [-0.4, -0.2) is 5.91 Å². The molecule has 2 rings (SSSR count). The normalized spacial score (nSPS) is 11.1. The van der Waals surface area contributed by atoms with Crippen molar-refractivity contribution in [1.29, 1.82) is 0 Å². The molecule has 0 heterocycles. The molecule has 2 aromatic carbocycles. The first-order valence-electron chi connectivity index (χ1n) is 5.51. The molecule has 0 saturated carbocycles. The number of hydrogen-bond donors (Lipinski definition) is 1. The molecule has 2 nitrogen and oxygen atoms in total. The average molecular weight is 265 g/mol. The first-order valence-corrected chi connectivity index (χ1v) is 5.51. The highest BCUT2D eigenvalue weighted by Gasteiger charge is 2.33. The highest BCUT2D eigenvalue weighted by Crippen LogP contribution is 2.34. The van der Waals surface area contributed by atoms with E-state index in [1.807, 2.05) is 0 Å². The fourth-order valence-electron chi connectivity index (χ4n) is 1.62. The highest BCUT2D eigenvalue weighted by atomic mass is 19.4. The summed E-state index contributed by atoms with van der Waals surface area (Å²) in [6.45, 7) is 0. The minimum atomic E-state index is -4.50. The molecule has 2 aromatic rings. The largest absolute Gasteiger partial charge is 0.418 e. The van der Waals surface area contributed by atoms with E-state index >= 15 is 0 Å². The van der Waals surface area contributed by atoms with Crippen LogP contribution in [-0.2, 0) is 6.18 Å². The number of benzene rings is 2. The van der Waals surface area contributed by atoms with Gasteiger partial charge in [-0.15, -0.1) is 0 Å². The Labute approximate surface area is 107 Å². The molecular formula is C14H10F3NO. The van der Waals surface area contributed by atoms with E-state index in [2.05, 4.69) is 5.32 Å². The number of amides is 1. The van der Waals surface area contributed by atoms with Crippen molar-refractivity contribution < 1.29 is 18.0 Å². The fraction of sp³-hybridized carbons (Fsp3) is 0.0714. The van der Waals surface area contributed by atoms with E-state index in [0.29, 0.717) is 5.56 Å². The Balaban J connectivity index is 2.28. The first-order chi connectivity index (χ1) is 8.98. The van der Waals surface area contributed by atoms with E-state index in [-0.39, 0.29) is 5.69 Å². The minimum Gasteiger partial charge on any atom is -0.321 e. The number of para-hydroxylation sites is 1. The van der Waals surface area contributed by atoms with Gasteiger partial charge < -0.3 is 5.32 Å². The van der Waals surface area contributed by atoms with Crippen molar-refractivity contribution in [2.24, 2.45) is 0 Å². The van der Waals surface area contributed by atoms with E-state index in [0.717, 1.165) is 6.07 Å². The summed E-state index contributed by atoms with van der Waals surface area (Å²) >= 11 is 0. The van der Waals surface area contributed by atoms with Gasteiger partial charge in [-0.05, 0) is 24.3 Å². The third-order valence-corrected chi connectivity index (χ3v) is 2.52. The number of anilines is 1. The van der Waals surface area contributed by atoms with Crippen LogP contribution in [0, 0.1) is 0 Å². The van der Waals surface area contributed by atoms with E-state index < -0.39 is 17.6 Å². The first kappa shape index (κ1) is 13.1. The lowest BCUT2D eigenvalue weighted by Gasteiger charge is -2.13. The molecule has 1 N–H and O–H groups in total. The van der Waals surface area contributed by atoms with Gasteiger partial charge in [-0.1, -0.05) is 30.3 Å². The van der Waals surface area contributed by atoms with Gasteiger partial charge in [0.1, 0.15) is 0 Å². The van der Waals surface area contributed by atoms with Crippen molar-refractivity contribution in [2.75, 3.05) is 5.32 Å². The monoisotopic (exact) mass is 265 g/mol. The van der Waals surface area contributed by atoms with Gasteiger partial charge in [0.2, 0.25) is 0 Å². The van der Waals surface area contributed by atoms with Crippen LogP contribution >= 0.6 is 0 Å². The van der Waals surface area contributed by atoms with Crippen molar-refractivity contribution in [2.45, 2.75) is 6.18 Å². The number of nitrogens with one attached hydrogen (secondary N) is 1. The number of carbonyl (C=O) groups is 1. The van der Waals surface area contributed by atoms with E-state index in [4.69, 9.17) is 0 Å². The zero-order valence-electron chi connectivity index (χ0n) is 9.74. The lowest BCUT2D eigenvalue weighted by molar-refractivity contribution is -0.136. The van der Waals surface area contributed by atoms with Crippen LogP contribution in [0.5, 0.6) is 0 Å². The SMILES string of the molecule is O=C(Nc1ccccc1C(F)(F)F)c1ccccc1. The van der Waals surface area contributed by atoms with Gasteiger partial charge in [0.15, 0.2) is 0 Å². The average Bonchev–Trinajstić information content (AvgIpc) is 2.39. The standard InChI is InChI=1S/C14H10F3NO/c15-14(16,17)11-8-4-5-9-12(11)18-13(19)10-6-2-1-3-7-10/h1-9H,(H,18,19). The third kappa shape index (κ3) is 3.13. The van der Waals surface area contributed by atoms with Gasteiger partial charge in [-0.25, -0.2) is 0 Å². The summed E-state index contributed by atoms with van der Waals surface area (Å²) in [5.74, 6) is -0.572. The van der Waals surface area contributed by atoms with E-state index in [1.54, 1.807) is 18.2 Å². The molecule has 0 saturated heterocycles. The molecule has 19 heavy (non-hydrogen) atoms. The zero-order chi connectivity index (χ0) is 13.9. The van der Waals surface area contributed by atoms with Gasteiger partial charge in [0, 0.05) is 5.56 Å². The van der Waals surface area contributed by atoms with Gasteiger partial charge in [0.05, 0.1) is 11.3 Å². The van der Waals surface area contributed by atoms with Crippen molar-refractivity contribution in [1.82, 2.24) is 0 Å². The molecule has 5 heteroatoms. The van der Waals surface area contributed by atoms with Crippen LogP contribution in [0.4, 0.5) is 18.9 Å². The molecule has 0 aliphatic rings. The number of alkyl halides is 3. The van der Waals surface area contributed by atoms with Gasteiger partial charge >= 0.3 is 6.18 Å². The van der Waals surface area contributed by atoms with Gasteiger partial charge in [0.25, 0.3) is 5.91 Å². The number of carbonyl (C=O) groups excluding carboxylic acids is 1. The van der Waals surface area contributed by atoms with Crippen LogP contribution in [0.2, 0.25) is 0 Å². The Morgan fingerprint density at radius 2 is 1.47 bits per heavy atom. The molecule has 0 radical (unpaired) electrons. The molecule has 0 unspecified atom stereocenters. The number of hydrogen-bond acceptors (Lipinski definition) is 1. The molecule has 0 spiro atoms.